The first-order valence-corrected chi connectivity index (χ1v) is 9.63. The fourth-order valence-corrected chi connectivity index (χ4v) is 3.57. The first kappa shape index (κ1) is 17.2. The van der Waals surface area contributed by atoms with E-state index in [9.17, 15) is 4.79 Å². The van der Waals surface area contributed by atoms with E-state index in [0.717, 1.165) is 22.2 Å². The van der Waals surface area contributed by atoms with Gasteiger partial charge in [0, 0.05) is 5.56 Å². The van der Waals surface area contributed by atoms with Gasteiger partial charge in [-0.05, 0) is 23.6 Å². The maximum Gasteiger partial charge on any atom is 0.322 e. The lowest BCUT2D eigenvalue weighted by Gasteiger charge is -2.02. The maximum absolute atomic E-state index is 12.1. The number of thiophene rings is 1. The summed E-state index contributed by atoms with van der Waals surface area (Å²) in [4.78, 5) is 13.0. The largest absolute Gasteiger partial charge is 0.403 e. The monoisotopic (exact) mass is 399 g/mol. The van der Waals surface area contributed by atoms with Gasteiger partial charge in [0.2, 0.25) is 17.0 Å². The zero-order valence-electron chi connectivity index (χ0n) is 13.8. The summed E-state index contributed by atoms with van der Waals surface area (Å²) in [5.74, 6) is 6.65. The minimum atomic E-state index is -0.316. The van der Waals surface area contributed by atoms with Gasteiger partial charge in [-0.2, -0.15) is 0 Å². The number of rotatable bonds is 6. The number of nitrogens with zero attached hydrogens (tertiary/aromatic N) is 5. The number of carbonyl (C=O) groups is 1. The molecule has 3 N–H and O–H groups in total. The number of aromatic nitrogens is 5. The van der Waals surface area contributed by atoms with Crippen LogP contribution in [0.5, 0.6) is 0 Å². The summed E-state index contributed by atoms with van der Waals surface area (Å²) >= 11 is 2.67. The number of nitrogens with one attached hydrogen (secondary N) is 1. The highest BCUT2D eigenvalue weighted by Crippen LogP contribution is 2.25. The smallest absolute Gasteiger partial charge is 0.322 e. The fourth-order valence-electron chi connectivity index (χ4n) is 2.21. The van der Waals surface area contributed by atoms with Gasteiger partial charge in [-0.15, -0.1) is 26.6 Å². The van der Waals surface area contributed by atoms with Crippen molar-refractivity contribution in [3.05, 3.63) is 47.8 Å². The molecule has 3 heterocycles. The van der Waals surface area contributed by atoms with Crippen LogP contribution in [-0.4, -0.2) is 36.7 Å². The number of amides is 1. The molecule has 0 aliphatic heterocycles. The van der Waals surface area contributed by atoms with Crippen molar-refractivity contribution in [1.82, 2.24) is 25.1 Å². The maximum atomic E-state index is 12.1. The average Bonchev–Trinajstić information content (AvgIpc) is 3.42. The van der Waals surface area contributed by atoms with Crippen molar-refractivity contribution in [2.45, 2.75) is 5.16 Å². The second kappa shape index (κ2) is 7.60. The Bertz CT molecular complexity index is 1040. The molecule has 27 heavy (non-hydrogen) atoms. The normalized spacial score (nSPS) is 10.8. The van der Waals surface area contributed by atoms with Gasteiger partial charge in [0.15, 0.2) is 5.82 Å². The Labute approximate surface area is 161 Å². The highest BCUT2D eigenvalue weighted by atomic mass is 32.2. The number of thioether (sulfide) groups is 1. The number of benzene rings is 1. The number of nitrogens with two attached hydrogens (primary N) is 1. The molecule has 1 amide bonds. The van der Waals surface area contributed by atoms with Gasteiger partial charge in [0.25, 0.3) is 0 Å². The summed E-state index contributed by atoms with van der Waals surface area (Å²) in [5, 5.41) is 20.8. The molecule has 0 aliphatic rings. The molecule has 0 aliphatic carbocycles. The molecule has 0 saturated carbocycles. The molecule has 11 heteroatoms. The van der Waals surface area contributed by atoms with Crippen molar-refractivity contribution in [2.24, 2.45) is 0 Å². The van der Waals surface area contributed by atoms with Crippen LogP contribution in [0.15, 0.2) is 57.4 Å². The lowest BCUT2D eigenvalue weighted by Crippen LogP contribution is -2.16. The van der Waals surface area contributed by atoms with E-state index >= 15 is 0 Å². The number of anilines is 1. The molecule has 0 saturated heterocycles. The average molecular weight is 399 g/mol. The fraction of sp³-hybridized carbons (Fsp3) is 0.0625. The highest BCUT2D eigenvalue weighted by molar-refractivity contribution is 7.99. The molecular weight excluding hydrogens is 386 g/mol. The van der Waals surface area contributed by atoms with Crippen LogP contribution < -0.4 is 11.2 Å². The Balaban J connectivity index is 1.36. The molecule has 136 valence electrons. The first-order chi connectivity index (χ1) is 13.2. The van der Waals surface area contributed by atoms with E-state index in [0.29, 0.717) is 16.9 Å². The van der Waals surface area contributed by atoms with Crippen molar-refractivity contribution in [1.29, 1.82) is 0 Å². The molecule has 4 aromatic rings. The molecule has 4 rings (SSSR count). The van der Waals surface area contributed by atoms with Gasteiger partial charge >= 0.3 is 6.01 Å². The predicted octanol–water partition coefficient (Wildman–Crippen LogP) is 2.50. The van der Waals surface area contributed by atoms with Gasteiger partial charge in [0.05, 0.1) is 10.6 Å². The quantitative estimate of drug-likeness (QED) is 0.374. The number of hydrogen-bond acceptors (Lipinski definition) is 9. The summed E-state index contributed by atoms with van der Waals surface area (Å²) in [6, 6.07) is 13.1. The highest BCUT2D eigenvalue weighted by Gasteiger charge is 2.16. The van der Waals surface area contributed by atoms with E-state index in [1.807, 2.05) is 47.8 Å². The van der Waals surface area contributed by atoms with Crippen LogP contribution in [0.3, 0.4) is 0 Å². The van der Waals surface area contributed by atoms with Crippen LogP contribution in [0, 0.1) is 0 Å². The second-order valence-electron chi connectivity index (χ2n) is 5.27. The van der Waals surface area contributed by atoms with Gasteiger partial charge in [-0.25, -0.2) is 4.68 Å². The third-order valence-electron chi connectivity index (χ3n) is 3.43. The topological polar surface area (TPSA) is 125 Å². The zero-order valence-corrected chi connectivity index (χ0v) is 15.4. The van der Waals surface area contributed by atoms with Crippen molar-refractivity contribution in [2.75, 3.05) is 16.9 Å². The molecule has 0 unspecified atom stereocenters. The molecule has 0 spiro atoms. The Kier molecular flexibility index (Phi) is 4.85. The number of hydrogen-bond donors (Lipinski definition) is 2. The van der Waals surface area contributed by atoms with Gasteiger partial charge < -0.3 is 10.3 Å². The summed E-state index contributed by atoms with van der Waals surface area (Å²) in [7, 11) is 0. The van der Waals surface area contributed by atoms with Crippen LogP contribution >= 0.6 is 23.1 Å². The molecule has 0 bridgehead atoms. The molecule has 1 aromatic carbocycles. The van der Waals surface area contributed by atoms with Crippen LogP contribution in [0.2, 0.25) is 0 Å². The summed E-state index contributed by atoms with van der Waals surface area (Å²) < 4.78 is 6.81. The lowest BCUT2D eigenvalue weighted by molar-refractivity contribution is -0.113. The molecule has 3 aromatic heterocycles. The third kappa shape index (κ3) is 3.83. The van der Waals surface area contributed by atoms with E-state index in [4.69, 9.17) is 10.3 Å². The minimum absolute atomic E-state index is 0.0351. The van der Waals surface area contributed by atoms with E-state index in [2.05, 4.69) is 25.7 Å². The molecule has 0 radical (unpaired) electrons. The van der Waals surface area contributed by atoms with Crippen molar-refractivity contribution >= 4 is 35.0 Å². The predicted molar refractivity (Wildman–Crippen MR) is 103 cm³/mol. The Morgan fingerprint density at radius 3 is 2.78 bits per heavy atom. The van der Waals surface area contributed by atoms with E-state index in [-0.39, 0.29) is 17.7 Å². The number of carbonyl (C=O) groups excluding carboxylic acids is 1. The molecular formula is C16H13N7O2S2. The van der Waals surface area contributed by atoms with Crippen LogP contribution in [-0.2, 0) is 4.79 Å². The molecule has 0 atom stereocenters. The SMILES string of the molecule is Nn1c(SCC(=O)Nc2nnc(-c3ccccc3)o2)nnc1-c1cccs1. The summed E-state index contributed by atoms with van der Waals surface area (Å²) in [5.41, 5.74) is 0.775. The Hall–Kier alpha value is -3.18. The molecule has 9 nitrogen and oxygen atoms in total. The van der Waals surface area contributed by atoms with Crippen molar-refractivity contribution in [3.63, 3.8) is 0 Å². The van der Waals surface area contributed by atoms with Crippen LogP contribution in [0.25, 0.3) is 22.2 Å². The molecule has 0 fully saturated rings. The summed E-state index contributed by atoms with van der Waals surface area (Å²) in [6.07, 6.45) is 0. The van der Waals surface area contributed by atoms with E-state index in [1.54, 1.807) is 0 Å². The van der Waals surface area contributed by atoms with Gasteiger partial charge in [0.1, 0.15) is 0 Å². The Morgan fingerprint density at radius 2 is 2.00 bits per heavy atom. The summed E-state index contributed by atoms with van der Waals surface area (Å²) in [6.45, 7) is 0. The minimum Gasteiger partial charge on any atom is -0.403 e. The standard InChI is InChI=1S/C16H13N7O2S2/c17-23-13(11-7-4-8-26-11)19-22-16(23)27-9-12(24)18-15-21-20-14(25-15)10-5-2-1-3-6-10/h1-8H,9,17H2,(H,18,21,24). The van der Waals surface area contributed by atoms with Crippen LogP contribution in [0.1, 0.15) is 0 Å². The van der Waals surface area contributed by atoms with Gasteiger partial charge in [-0.3, -0.25) is 10.1 Å². The van der Waals surface area contributed by atoms with Crippen molar-refractivity contribution < 1.29 is 9.21 Å². The van der Waals surface area contributed by atoms with E-state index < -0.39 is 0 Å². The van der Waals surface area contributed by atoms with Crippen LogP contribution in [0.4, 0.5) is 6.01 Å². The first-order valence-electron chi connectivity index (χ1n) is 7.76. The number of nitrogen functional groups attached to an aromatic ring is 1. The Morgan fingerprint density at radius 1 is 1.15 bits per heavy atom. The third-order valence-corrected chi connectivity index (χ3v) is 5.24. The lowest BCUT2D eigenvalue weighted by atomic mass is 10.2. The van der Waals surface area contributed by atoms with Crippen molar-refractivity contribution in [3.8, 4) is 22.2 Å². The van der Waals surface area contributed by atoms with E-state index in [1.165, 1.54) is 16.0 Å². The van der Waals surface area contributed by atoms with Gasteiger partial charge in [-0.1, -0.05) is 41.1 Å². The zero-order chi connectivity index (χ0) is 18.6. The second-order valence-corrected chi connectivity index (χ2v) is 7.16.